The first-order valence-electron chi connectivity index (χ1n) is 27.9. The fourth-order valence-corrected chi connectivity index (χ4v) is 8.31. The van der Waals surface area contributed by atoms with Crippen LogP contribution in [-0.4, -0.2) is 37.9 Å². The van der Waals surface area contributed by atoms with Crippen molar-refractivity contribution in [2.75, 3.05) is 19.8 Å². The molecule has 0 aliphatic rings. The van der Waals surface area contributed by atoms with Crippen LogP contribution in [0.3, 0.4) is 0 Å². The normalized spacial score (nSPS) is 12.2. The van der Waals surface area contributed by atoms with Crippen LogP contribution in [0.4, 0.5) is 0 Å². The van der Waals surface area contributed by atoms with Gasteiger partial charge in [-0.2, -0.15) is 0 Å². The number of ether oxygens (including phenoxy) is 3. The highest BCUT2D eigenvalue weighted by atomic mass is 16.6. The van der Waals surface area contributed by atoms with Crippen LogP contribution in [0.1, 0.15) is 303 Å². The van der Waals surface area contributed by atoms with E-state index in [0.29, 0.717) is 26.1 Å². The van der Waals surface area contributed by atoms with E-state index in [1.54, 1.807) is 0 Å². The number of allylic oxidation sites excluding steroid dienone is 4. The lowest BCUT2D eigenvalue weighted by Gasteiger charge is -2.18. The van der Waals surface area contributed by atoms with E-state index in [1.165, 1.54) is 231 Å². The van der Waals surface area contributed by atoms with Crippen LogP contribution in [0, 0.1) is 0 Å². The minimum atomic E-state index is -0.531. The minimum absolute atomic E-state index is 0.0886. The molecule has 0 spiro atoms. The number of hydrogen-bond donors (Lipinski definition) is 0. The zero-order valence-corrected chi connectivity index (χ0v) is 42.2. The highest BCUT2D eigenvalue weighted by Gasteiger charge is 2.17. The zero-order chi connectivity index (χ0) is 44.9. The molecular weight excluding hydrogens is 765 g/mol. The smallest absolute Gasteiger partial charge is 0.306 e. The highest BCUT2D eigenvalue weighted by molar-refractivity contribution is 5.70. The monoisotopic (exact) mass is 873 g/mol. The molecule has 0 bridgehead atoms. The number of hydrogen-bond acceptors (Lipinski definition) is 5. The van der Waals surface area contributed by atoms with E-state index in [4.69, 9.17) is 14.2 Å². The Labute approximate surface area is 387 Å². The number of unbranched alkanes of at least 4 members (excludes halogenated alkanes) is 37. The van der Waals surface area contributed by atoms with E-state index in [2.05, 4.69) is 45.1 Å². The Bertz CT molecular complexity index is 943. The molecule has 1 atom stereocenters. The highest BCUT2D eigenvalue weighted by Crippen LogP contribution is 2.16. The van der Waals surface area contributed by atoms with Crippen molar-refractivity contribution >= 4 is 11.9 Å². The molecule has 5 nitrogen and oxygen atoms in total. The van der Waals surface area contributed by atoms with Crippen LogP contribution in [0.2, 0.25) is 0 Å². The summed E-state index contributed by atoms with van der Waals surface area (Å²) >= 11 is 0. The van der Waals surface area contributed by atoms with E-state index in [1.807, 2.05) is 0 Å². The summed E-state index contributed by atoms with van der Waals surface area (Å²) in [6.07, 6.45) is 63.4. The second-order valence-electron chi connectivity index (χ2n) is 18.9. The predicted octanol–water partition coefficient (Wildman–Crippen LogP) is 18.8. The van der Waals surface area contributed by atoms with Crippen LogP contribution in [0.25, 0.3) is 0 Å². The zero-order valence-electron chi connectivity index (χ0n) is 42.2. The lowest BCUT2D eigenvalue weighted by Crippen LogP contribution is -2.30. The van der Waals surface area contributed by atoms with Gasteiger partial charge in [0.15, 0.2) is 6.10 Å². The molecule has 1 unspecified atom stereocenters. The lowest BCUT2D eigenvalue weighted by molar-refractivity contribution is -0.163. The van der Waals surface area contributed by atoms with E-state index in [-0.39, 0.29) is 18.5 Å². The average Bonchev–Trinajstić information content (AvgIpc) is 3.27. The quantitative estimate of drug-likeness (QED) is 0.0346. The summed E-state index contributed by atoms with van der Waals surface area (Å²) in [6, 6.07) is 0. The topological polar surface area (TPSA) is 61.8 Å². The van der Waals surface area contributed by atoms with Crippen molar-refractivity contribution in [1.29, 1.82) is 0 Å². The fourth-order valence-electron chi connectivity index (χ4n) is 8.31. The Hall–Kier alpha value is -1.62. The Morgan fingerprint density at radius 2 is 0.677 bits per heavy atom. The Balaban J connectivity index is 4.11. The molecule has 0 radical (unpaired) electrons. The lowest BCUT2D eigenvalue weighted by atomic mass is 10.0. The average molecular weight is 873 g/mol. The summed E-state index contributed by atoms with van der Waals surface area (Å²) in [5.74, 6) is -0.389. The third-order valence-electron chi connectivity index (χ3n) is 12.5. The molecule has 0 amide bonds. The van der Waals surface area contributed by atoms with Gasteiger partial charge in [0.05, 0.1) is 6.61 Å². The van der Waals surface area contributed by atoms with Crippen LogP contribution < -0.4 is 0 Å². The van der Waals surface area contributed by atoms with Gasteiger partial charge in [0.25, 0.3) is 0 Å². The number of carbonyl (C=O) groups excluding carboxylic acids is 2. The molecule has 0 aliphatic heterocycles. The first-order valence-corrected chi connectivity index (χ1v) is 27.9. The molecule has 0 saturated heterocycles. The van der Waals surface area contributed by atoms with E-state index in [9.17, 15) is 9.59 Å². The molecule has 0 aromatic rings. The van der Waals surface area contributed by atoms with Gasteiger partial charge in [0.1, 0.15) is 6.61 Å². The van der Waals surface area contributed by atoms with Gasteiger partial charge >= 0.3 is 11.9 Å². The fraction of sp³-hybridized carbons (Fsp3) is 0.895. The maximum Gasteiger partial charge on any atom is 0.306 e. The van der Waals surface area contributed by atoms with Crippen molar-refractivity contribution in [2.24, 2.45) is 0 Å². The Kier molecular flexibility index (Phi) is 52.3. The molecular formula is C57H108O5. The molecule has 0 rings (SSSR count). The van der Waals surface area contributed by atoms with Gasteiger partial charge in [0.2, 0.25) is 0 Å². The van der Waals surface area contributed by atoms with E-state index >= 15 is 0 Å². The molecule has 0 heterocycles. The minimum Gasteiger partial charge on any atom is -0.462 e. The van der Waals surface area contributed by atoms with Crippen LogP contribution in [0.5, 0.6) is 0 Å². The summed E-state index contributed by atoms with van der Waals surface area (Å²) in [4.78, 5) is 25.4. The van der Waals surface area contributed by atoms with Crippen molar-refractivity contribution in [3.63, 3.8) is 0 Å². The molecule has 366 valence electrons. The van der Waals surface area contributed by atoms with Crippen molar-refractivity contribution in [3.05, 3.63) is 24.3 Å². The molecule has 0 aromatic carbocycles. The third-order valence-corrected chi connectivity index (χ3v) is 12.5. The van der Waals surface area contributed by atoms with Gasteiger partial charge in [-0.3, -0.25) is 9.59 Å². The second-order valence-corrected chi connectivity index (χ2v) is 18.9. The number of carbonyl (C=O) groups is 2. The molecule has 0 fully saturated rings. The maximum absolute atomic E-state index is 12.8. The molecule has 0 saturated carbocycles. The number of esters is 2. The SMILES string of the molecule is CCCCC/C=C\C/C=C\CCCCCCCCCC(=O)OCC(COCCCCCCCCCCCCCCCCCCCCCC)OC(=O)CCCCCCCCCCC. The predicted molar refractivity (Wildman–Crippen MR) is 270 cm³/mol. The van der Waals surface area contributed by atoms with Crippen molar-refractivity contribution in [3.8, 4) is 0 Å². The summed E-state index contributed by atoms with van der Waals surface area (Å²) in [7, 11) is 0. The maximum atomic E-state index is 12.8. The van der Waals surface area contributed by atoms with Crippen molar-refractivity contribution in [1.82, 2.24) is 0 Å². The molecule has 0 aromatic heterocycles. The number of rotatable bonds is 52. The molecule has 0 N–H and O–H groups in total. The van der Waals surface area contributed by atoms with E-state index < -0.39 is 6.10 Å². The molecule has 0 aliphatic carbocycles. The van der Waals surface area contributed by atoms with Crippen molar-refractivity contribution < 1.29 is 23.8 Å². The van der Waals surface area contributed by atoms with Gasteiger partial charge < -0.3 is 14.2 Å². The molecule has 62 heavy (non-hydrogen) atoms. The van der Waals surface area contributed by atoms with Gasteiger partial charge in [-0.1, -0.05) is 263 Å². The summed E-state index contributed by atoms with van der Waals surface area (Å²) in [6.45, 7) is 7.84. The standard InChI is InChI=1S/C57H108O5/c1-4-7-10-13-16-19-21-23-25-27-28-29-31-33-35-37-40-43-46-49-52-60-53-55(62-57(59)51-48-45-42-38-18-15-12-9-6-3)54-61-56(58)50-47-44-41-39-36-34-32-30-26-24-22-20-17-14-11-8-5-2/h17,20,24,26,55H,4-16,18-19,21-23,25,27-54H2,1-3H3/b20-17-,26-24-. The van der Waals surface area contributed by atoms with Gasteiger partial charge in [-0.25, -0.2) is 0 Å². The Morgan fingerprint density at radius 1 is 0.355 bits per heavy atom. The third kappa shape index (κ3) is 51.0. The van der Waals surface area contributed by atoms with Gasteiger partial charge in [-0.15, -0.1) is 0 Å². The first-order chi connectivity index (χ1) is 30.6. The van der Waals surface area contributed by atoms with E-state index in [0.717, 1.165) is 38.5 Å². The van der Waals surface area contributed by atoms with Gasteiger partial charge in [-0.05, 0) is 51.4 Å². The summed E-state index contributed by atoms with van der Waals surface area (Å²) < 4.78 is 17.4. The first kappa shape index (κ1) is 60.4. The van der Waals surface area contributed by atoms with Crippen LogP contribution in [-0.2, 0) is 23.8 Å². The van der Waals surface area contributed by atoms with Crippen molar-refractivity contribution in [2.45, 2.75) is 309 Å². The molecule has 5 heteroatoms. The summed E-state index contributed by atoms with van der Waals surface area (Å²) in [5.41, 5.74) is 0. The second kappa shape index (κ2) is 53.7. The van der Waals surface area contributed by atoms with Crippen LogP contribution in [0.15, 0.2) is 24.3 Å². The largest absolute Gasteiger partial charge is 0.462 e. The van der Waals surface area contributed by atoms with Crippen LogP contribution >= 0.6 is 0 Å². The summed E-state index contributed by atoms with van der Waals surface area (Å²) in [5, 5.41) is 0. The Morgan fingerprint density at radius 3 is 1.10 bits per heavy atom. The van der Waals surface area contributed by atoms with Gasteiger partial charge in [0, 0.05) is 19.4 Å².